The summed E-state index contributed by atoms with van der Waals surface area (Å²) in [4.78, 5) is 28.2. The fraction of sp³-hybridized carbons (Fsp3) is 0.300. The molecule has 1 heterocycles. The molecule has 1 aliphatic rings. The lowest BCUT2D eigenvalue weighted by molar-refractivity contribution is -0.117. The van der Waals surface area contributed by atoms with E-state index in [1.165, 1.54) is 0 Å². The molecule has 2 amide bonds. The lowest BCUT2D eigenvalue weighted by Gasteiger charge is -2.34. The van der Waals surface area contributed by atoms with Crippen molar-refractivity contribution in [1.29, 1.82) is 0 Å². The van der Waals surface area contributed by atoms with Crippen molar-refractivity contribution in [2.75, 3.05) is 38.0 Å². The summed E-state index contributed by atoms with van der Waals surface area (Å²) in [6.07, 6.45) is 0. The van der Waals surface area contributed by atoms with E-state index >= 15 is 0 Å². The van der Waals surface area contributed by atoms with Gasteiger partial charge in [0.1, 0.15) is 0 Å². The number of halogens is 2. The van der Waals surface area contributed by atoms with Crippen LogP contribution in [0.2, 0.25) is 10.0 Å². The topological polar surface area (TPSA) is 78.7 Å². The van der Waals surface area contributed by atoms with E-state index in [9.17, 15) is 9.59 Å². The van der Waals surface area contributed by atoms with E-state index in [0.717, 1.165) is 38.3 Å². The van der Waals surface area contributed by atoms with E-state index in [1.54, 1.807) is 24.3 Å². The normalized spacial score (nSPS) is 15.4. The Hall–Kier alpha value is -2.12. The van der Waals surface area contributed by atoms with E-state index < -0.39 is 5.91 Å². The Morgan fingerprint density at radius 1 is 0.964 bits per heavy atom. The minimum Gasteiger partial charge on any atom is -0.366 e. The van der Waals surface area contributed by atoms with Crippen molar-refractivity contribution in [1.82, 2.24) is 9.80 Å². The third-order valence-electron chi connectivity index (χ3n) is 4.69. The molecular weight excluding hydrogens is 399 g/mol. The van der Waals surface area contributed by atoms with Crippen molar-refractivity contribution in [3.8, 4) is 0 Å². The molecule has 0 unspecified atom stereocenters. The maximum absolute atomic E-state index is 12.4. The Balaban J connectivity index is 1.48. The van der Waals surface area contributed by atoms with Gasteiger partial charge in [0.2, 0.25) is 5.91 Å². The van der Waals surface area contributed by atoms with Crippen LogP contribution in [0.5, 0.6) is 0 Å². The van der Waals surface area contributed by atoms with E-state index in [1.807, 2.05) is 18.2 Å². The number of nitrogens with zero attached hydrogens (tertiary/aromatic N) is 2. The Labute approximate surface area is 174 Å². The van der Waals surface area contributed by atoms with Crippen molar-refractivity contribution in [2.45, 2.75) is 6.54 Å². The Kier molecular flexibility index (Phi) is 6.91. The number of hydrogen-bond acceptors (Lipinski definition) is 4. The number of amides is 2. The molecule has 0 bridgehead atoms. The highest BCUT2D eigenvalue weighted by Crippen LogP contribution is 2.23. The molecule has 2 aromatic rings. The number of nitrogens with one attached hydrogen (secondary N) is 1. The maximum Gasteiger partial charge on any atom is 0.250 e. The Morgan fingerprint density at radius 3 is 2.32 bits per heavy atom. The molecule has 1 saturated heterocycles. The van der Waals surface area contributed by atoms with Crippen LogP contribution in [-0.4, -0.2) is 54.3 Å². The minimum atomic E-state index is -0.563. The summed E-state index contributed by atoms with van der Waals surface area (Å²) in [5.74, 6) is -0.724. The Morgan fingerprint density at radius 2 is 1.64 bits per heavy atom. The lowest BCUT2D eigenvalue weighted by atomic mass is 10.1. The summed E-state index contributed by atoms with van der Waals surface area (Å²) in [5, 5.41) is 3.90. The fourth-order valence-corrected chi connectivity index (χ4v) is 3.52. The fourth-order valence-electron chi connectivity index (χ4n) is 3.20. The quantitative estimate of drug-likeness (QED) is 0.752. The van der Waals surface area contributed by atoms with Crippen molar-refractivity contribution >= 4 is 40.7 Å². The summed E-state index contributed by atoms with van der Waals surface area (Å²) >= 11 is 12.0. The highest BCUT2D eigenvalue weighted by atomic mass is 35.5. The van der Waals surface area contributed by atoms with Gasteiger partial charge < -0.3 is 11.1 Å². The molecule has 8 heteroatoms. The van der Waals surface area contributed by atoms with Crippen LogP contribution in [0.15, 0.2) is 42.5 Å². The lowest BCUT2D eigenvalue weighted by Crippen LogP contribution is -2.48. The molecule has 0 spiro atoms. The van der Waals surface area contributed by atoms with Gasteiger partial charge in [-0.3, -0.25) is 19.4 Å². The van der Waals surface area contributed by atoms with Gasteiger partial charge in [-0.15, -0.1) is 0 Å². The molecule has 0 radical (unpaired) electrons. The Bertz CT molecular complexity index is 867. The average Bonchev–Trinajstić information content (AvgIpc) is 2.66. The summed E-state index contributed by atoms with van der Waals surface area (Å²) in [6.45, 7) is 4.34. The van der Waals surface area contributed by atoms with Crippen molar-refractivity contribution in [3.05, 3.63) is 63.6 Å². The predicted molar refractivity (Wildman–Crippen MR) is 112 cm³/mol. The number of rotatable bonds is 6. The van der Waals surface area contributed by atoms with Gasteiger partial charge >= 0.3 is 0 Å². The van der Waals surface area contributed by atoms with Crippen LogP contribution in [0, 0.1) is 0 Å². The van der Waals surface area contributed by atoms with Crippen LogP contribution in [0.3, 0.4) is 0 Å². The van der Waals surface area contributed by atoms with Gasteiger partial charge in [0.05, 0.1) is 27.8 Å². The number of piperazine rings is 1. The van der Waals surface area contributed by atoms with Crippen molar-refractivity contribution in [2.24, 2.45) is 5.73 Å². The van der Waals surface area contributed by atoms with Gasteiger partial charge in [0.25, 0.3) is 5.91 Å². The number of carbonyl (C=O) groups is 2. The van der Waals surface area contributed by atoms with Crippen molar-refractivity contribution in [3.63, 3.8) is 0 Å². The molecule has 0 saturated carbocycles. The van der Waals surface area contributed by atoms with E-state index in [0.29, 0.717) is 21.3 Å². The van der Waals surface area contributed by atoms with Gasteiger partial charge in [-0.05, 0) is 29.8 Å². The standard InChI is InChI=1S/C20H22Cl2N4O2/c21-16-6-5-14(11-17(16)22)12-25-7-9-26(10-8-25)13-19(27)24-18-4-2-1-3-15(18)20(23)28/h1-6,11H,7-10,12-13H2,(H2,23,28)(H,24,27). The molecular formula is C20H22Cl2N4O2. The van der Waals surface area contributed by atoms with Gasteiger partial charge in [-0.25, -0.2) is 0 Å². The number of carbonyl (C=O) groups excluding carboxylic acids is 2. The van der Waals surface area contributed by atoms with Crippen LogP contribution < -0.4 is 11.1 Å². The molecule has 148 valence electrons. The second-order valence-corrected chi connectivity index (χ2v) is 7.57. The number of nitrogens with two attached hydrogens (primary N) is 1. The van der Waals surface area contributed by atoms with Gasteiger partial charge in [0, 0.05) is 32.7 Å². The molecule has 0 aliphatic carbocycles. The summed E-state index contributed by atoms with van der Waals surface area (Å²) in [6, 6.07) is 12.4. The monoisotopic (exact) mass is 420 g/mol. The van der Waals surface area contributed by atoms with Gasteiger partial charge in [0.15, 0.2) is 0 Å². The number of para-hydroxylation sites is 1. The molecule has 28 heavy (non-hydrogen) atoms. The zero-order valence-corrected chi connectivity index (χ0v) is 16.8. The smallest absolute Gasteiger partial charge is 0.250 e. The zero-order valence-electron chi connectivity index (χ0n) is 15.3. The van der Waals surface area contributed by atoms with Crippen molar-refractivity contribution < 1.29 is 9.59 Å². The van der Waals surface area contributed by atoms with E-state index in [2.05, 4.69) is 15.1 Å². The van der Waals surface area contributed by atoms with E-state index in [4.69, 9.17) is 28.9 Å². The zero-order chi connectivity index (χ0) is 20.1. The highest BCUT2D eigenvalue weighted by molar-refractivity contribution is 6.42. The van der Waals surface area contributed by atoms with Crippen LogP contribution in [0.4, 0.5) is 5.69 Å². The summed E-state index contributed by atoms with van der Waals surface area (Å²) in [7, 11) is 0. The predicted octanol–water partition coefficient (Wildman–Crippen LogP) is 2.85. The number of hydrogen-bond donors (Lipinski definition) is 2. The SMILES string of the molecule is NC(=O)c1ccccc1NC(=O)CN1CCN(Cc2ccc(Cl)c(Cl)c2)CC1. The first kappa shape index (κ1) is 20.6. The molecule has 2 aromatic carbocycles. The molecule has 1 aliphatic heterocycles. The second kappa shape index (κ2) is 9.39. The average molecular weight is 421 g/mol. The number of primary amides is 1. The first-order valence-corrected chi connectivity index (χ1v) is 9.75. The molecule has 1 fully saturated rings. The summed E-state index contributed by atoms with van der Waals surface area (Å²) < 4.78 is 0. The molecule has 0 aromatic heterocycles. The van der Waals surface area contributed by atoms with Crippen LogP contribution in [0.1, 0.15) is 15.9 Å². The highest BCUT2D eigenvalue weighted by Gasteiger charge is 2.20. The number of benzene rings is 2. The molecule has 3 rings (SSSR count). The summed E-state index contributed by atoms with van der Waals surface area (Å²) in [5.41, 5.74) is 7.21. The maximum atomic E-state index is 12.4. The molecule has 0 atom stereocenters. The van der Waals surface area contributed by atoms with Crippen LogP contribution in [0.25, 0.3) is 0 Å². The third-order valence-corrected chi connectivity index (χ3v) is 5.43. The largest absolute Gasteiger partial charge is 0.366 e. The molecule has 6 nitrogen and oxygen atoms in total. The first-order valence-electron chi connectivity index (χ1n) is 8.99. The van der Waals surface area contributed by atoms with Crippen LogP contribution in [-0.2, 0) is 11.3 Å². The third kappa shape index (κ3) is 5.45. The van der Waals surface area contributed by atoms with E-state index in [-0.39, 0.29) is 12.5 Å². The van der Waals surface area contributed by atoms with Gasteiger partial charge in [-0.1, -0.05) is 41.4 Å². The second-order valence-electron chi connectivity index (χ2n) is 6.76. The van der Waals surface area contributed by atoms with Gasteiger partial charge in [-0.2, -0.15) is 0 Å². The first-order chi connectivity index (χ1) is 13.4. The molecule has 3 N–H and O–H groups in total. The minimum absolute atomic E-state index is 0.161. The van der Waals surface area contributed by atoms with Crippen LogP contribution >= 0.6 is 23.2 Å². The number of anilines is 1.